The van der Waals surface area contributed by atoms with Crippen LogP contribution in [0.25, 0.3) is 0 Å². The van der Waals surface area contributed by atoms with Gasteiger partial charge in [0, 0.05) is 13.1 Å². The summed E-state index contributed by atoms with van der Waals surface area (Å²) in [5.74, 6) is -0.663. The van der Waals surface area contributed by atoms with Crippen LogP contribution in [0.4, 0.5) is 4.79 Å². The van der Waals surface area contributed by atoms with Crippen LogP contribution < -0.4 is 10.6 Å². The van der Waals surface area contributed by atoms with Gasteiger partial charge < -0.3 is 15.4 Å². The maximum Gasteiger partial charge on any atom is 0.407 e. The third-order valence-electron chi connectivity index (χ3n) is 2.02. The number of alkyl carbamates (subject to hydrolysis) is 1. The van der Waals surface area contributed by atoms with Crippen molar-refractivity contribution in [3.05, 3.63) is 12.2 Å². The molecular formula is C13H21Cl3N2O3. The quantitative estimate of drug-likeness (QED) is 0.434. The molecule has 0 aromatic heterocycles. The molecule has 0 radical (unpaired) electrons. The summed E-state index contributed by atoms with van der Waals surface area (Å²) >= 11 is 16.1. The van der Waals surface area contributed by atoms with E-state index >= 15 is 0 Å². The Labute approximate surface area is 140 Å². The number of ether oxygens (including phenoxy) is 1. The van der Waals surface area contributed by atoms with E-state index in [-0.39, 0.29) is 6.54 Å². The molecule has 0 rings (SSSR count). The largest absolute Gasteiger partial charge is 0.444 e. The van der Waals surface area contributed by atoms with Gasteiger partial charge in [-0.15, -0.1) is 0 Å². The number of nitrogens with one attached hydrogen (secondary N) is 2. The number of alkyl halides is 3. The van der Waals surface area contributed by atoms with Gasteiger partial charge in [0.15, 0.2) is 0 Å². The predicted molar refractivity (Wildman–Crippen MR) is 85.9 cm³/mol. The minimum Gasteiger partial charge on any atom is -0.444 e. The molecule has 0 unspecified atom stereocenters. The van der Waals surface area contributed by atoms with Crippen molar-refractivity contribution in [3.8, 4) is 0 Å². The van der Waals surface area contributed by atoms with Crippen molar-refractivity contribution in [1.82, 2.24) is 10.6 Å². The highest BCUT2D eigenvalue weighted by molar-refractivity contribution is 6.76. The van der Waals surface area contributed by atoms with Crippen LogP contribution in [0.5, 0.6) is 0 Å². The van der Waals surface area contributed by atoms with E-state index in [0.717, 1.165) is 12.8 Å². The van der Waals surface area contributed by atoms with E-state index in [1.54, 1.807) is 26.8 Å². The Morgan fingerprint density at radius 1 is 1.10 bits per heavy atom. The van der Waals surface area contributed by atoms with E-state index in [0.29, 0.717) is 6.54 Å². The average Bonchev–Trinajstić information content (AvgIpc) is 2.28. The molecule has 0 heterocycles. The fourth-order valence-corrected chi connectivity index (χ4v) is 1.38. The summed E-state index contributed by atoms with van der Waals surface area (Å²) in [4.78, 5) is 22.5. The van der Waals surface area contributed by atoms with Crippen LogP contribution in [0.1, 0.15) is 33.6 Å². The molecule has 0 saturated carbocycles. The number of hydrogen-bond acceptors (Lipinski definition) is 3. The van der Waals surface area contributed by atoms with Gasteiger partial charge in [-0.1, -0.05) is 47.0 Å². The number of amides is 2. The summed E-state index contributed by atoms with van der Waals surface area (Å²) in [6.45, 7) is 6.22. The minimum absolute atomic E-state index is 0.284. The molecule has 0 aromatic rings. The van der Waals surface area contributed by atoms with E-state index < -0.39 is 21.4 Å². The molecule has 21 heavy (non-hydrogen) atoms. The van der Waals surface area contributed by atoms with Gasteiger partial charge in [0.1, 0.15) is 5.60 Å². The number of allylic oxidation sites excluding steroid dienone is 1. The third-order valence-corrected chi connectivity index (χ3v) is 2.54. The number of carbonyl (C=O) groups excluding carboxylic acids is 2. The first-order chi connectivity index (χ1) is 9.52. The number of hydrogen-bond donors (Lipinski definition) is 2. The third kappa shape index (κ3) is 12.8. The molecule has 0 bridgehead atoms. The maximum atomic E-state index is 11.3. The van der Waals surface area contributed by atoms with Crippen molar-refractivity contribution in [2.75, 3.05) is 13.1 Å². The number of rotatable bonds is 6. The van der Waals surface area contributed by atoms with Gasteiger partial charge in [-0.2, -0.15) is 0 Å². The molecular weight excluding hydrogens is 339 g/mol. The first-order valence-corrected chi connectivity index (χ1v) is 7.62. The molecule has 2 N–H and O–H groups in total. The Kier molecular flexibility index (Phi) is 9.09. The van der Waals surface area contributed by atoms with Crippen molar-refractivity contribution < 1.29 is 14.3 Å². The highest BCUT2D eigenvalue weighted by atomic mass is 35.6. The molecule has 0 spiro atoms. The van der Waals surface area contributed by atoms with Crippen molar-refractivity contribution in [2.24, 2.45) is 0 Å². The van der Waals surface area contributed by atoms with Crippen LogP contribution in [0.3, 0.4) is 0 Å². The molecule has 122 valence electrons. The van der Waals surface area contributed by atoms with Crippen molar-refractivity contribution in [3.63, 3.8) is 0 Å². The zero-order valence-electron chi connectivity index (χ0n) is 12.3. The Morgan fingerprint density at radius 3 is 2.24 bits per heavy atom. The van der Waals surface area contributed by atoms with Crippen LogP contribution >= 0.6 is 34.8 Å². The van der Waals surface area contributed by atoms with Crippen LogP contribution in [-0.4, -0.2) is 34.5 Å². The molecule has 0 aliphatic carbocycles. The van der Waals surface area contributed by atoms with Gasteiger partial charge in [-0.05, 0) is 33.6 Å². The first-order valence-electron chi connectivity index (χ1n) is 6.49. The molecule has 5 nitrogen and oxygen atoms in total. The van der Waals surface area contributed by atoms with Gasteiger partial charge in [0.2, 0.25) is 0 Å². The molecule has 0 atom stereocenters. The summed E-state index contributed by atoms with van der Waals surface area (Å²) in [5.41, 5.74) is -0.495. The predicted octanol–water partition coefficient (Wildman–Crippen LogP) is 3.33. The monoisotopic (exact) mass is 358 g/mol. The standard InChI is InChI=1S/C13H21Cl3N2O3/c1-12(2,3)21-11(20)18-9-7-5-4-6-8-17-10(19)13(14,15)16/h4,6H,5,7-9H2,1-3H3,(H,17,19)(H,18,20)/b6-4+. The fraction of sp³-hybridized carbons (Fsp3) is 0.692. The summed E-state index contributed by atoms with van der Waals surface area (Å²) in [7, 11) is 0. The van der Waals surface area contributed by atoms with E-state index in [1.165, 1.54) is 0 Å². The van der Waals surface area contributed by atoms with Gasteiger partial charge in [-0.25, -0.2) is 4.79 Å². The second kappa shape index (κ2) is 9.38. The number of carbonyl (C=O) groups is 2. The minimum atomic E-state index is -1.94. The molecule has 2 amide bonds. The zero-order chi connectivity index (χ0) is 16.5. The second-order valence-electron chi connectivity index (χ2n) is 5.25. The lowest BCUT2D eigenvalue weighted by Gasteiger charge is -2.19. The van der Waals surface area contributed by atoms with Gasteiger partial charge in [-0.3, -0.25) is 4.79 Å². The fourth-order valence-electron chi connectivity index (χ4n) is 1.18. The Hall–Kier alpha value is -0.650. The van der Waals surface area contributed by atoms with Crippen molar-refractivity contribution >= 4 is 46.8 Å². The van der Waals surface area contributed by atoms with Gasteiger partial charge in [0.05, 0.1) is 0 Å². The number of halogens is 3. The average molecular weight is 360 g/mol. The van der Waals surface area contributed by atoms with E-state index in [4.69, 9.17) is 39.5 Å². The Balaban J connectivity index is 3.62. The lowest BCUT2D eigenvalue weighted by molar-refractivity contribution is -0.120. The van der Waals surface area contributed by atoms with E-state index in [2.05, 4.69) is 10.6 Å². The van der Waals surface area contributed by atoms with Crippen molar-refractivity contribution in [1.29, 1.82) is 0 Å². The lowest BCUT2D eigenvalue weighted by Crippen LogP contribution is -2.34. The van der Waals surface area contributed by atoms with Crippen LogP contribution in [-0.2, 0) is 9.53 Å². The van der Waals surface area contributed by atoms with E-state index in [1.807, 2.05) is 6.08 Å². The highest BCUT2D eigenvalue weighted by Crippen LogP contribution is 2.25. The normalized spacial score (nSPS) is 12.3. The smallest absolute Gasteiger partial charge is 0.407 e. The Morgan fingerprint density at radius 2 is 1.71 bits per heavy atom. The van der Waals surface area contributed by atoms with Crippen LogP contribution in [0, 0.1) is 0 Å². The molecule has 0 saturated heterocycles. The summed E-state index contributed by atoms with van der Waals surface area (Å²) in [5, 5.41) is 5.10. The van der Waals surface area contributed by atoms with E-state index in [9.17, 15) is 9.59 Å². The molecule has 0 aromatic carbocycles. The maximum absolute atomic E-state index is 11.3. The zero-order valence-corrected chi connectivity index (χ0v) is 14.6. The first kappa shape index (κ1) is 20.3. The lowest BCUT2D eigenvalue weighted by atomic mass is 10.2. The van der Waals surface area contributed by atoms with Gasteiger partial charge in [0.25, 0.3) is 9.70 Å². The highest BCUT2D eigenvalue weighted by Gasteiger charge is 2.29. The van der Waals surface area contributed by atoms with Gasteiger partial charge >= 0.3 is 6.09 Å². The molecule has 0 aliphatic rings. The summed E-state index contributed by atoms with van der Waals surface area (Å²) in [6, 6.07) is 0. The summed E-state index contributed by atoms with van der Waals surface area (Å²) < 4.78 is 3.15. The molecule has 0 fully saturated rings. The second-order valence-corrected chi connectivity index (χ2v) is 7.53. The van der Waals surface area contributed by atoms with Crippen LogP contribution in [0.15, 0.2) is 12.2 Å². The molecule has 8 heteroatoms. The SMILES string of the molecule is CC(C)(C)OC(=O)NCCC/C=C/CNC(=O)C(Cl)(Cl)Cl. The number of unbranched alkanes of at least 4 members (excludes halogenated alkanes) is 1. The Bertz CT molecular complexity index is 374. The summed E-state index contributed by atoms with van der Waals surface area (Å²) in [6.07, 6.45) is 4.70. The molecule has 0 aliphatic heterocycles. The van der Waals surface area contributed by atoms with Crippen LogP contribution in [0.2, 0.25) is 0 Å². The van der Waals surface area contributed by atoms with Crippen molar-refractivity contribution in [2.45, 2.75) is 43.0 Å². The topological polar surface area (TPSA) is 67.4 Å².